The van der Waals surface area contributed by atoms with E-state index in [-0.39, 0.29) is 0 Å². The van der Waals surface area contributed by atoms with E-state index in [2.05, 4.69) is 67.4 Å². The fraction of sp³-hybridized carbons (Fsp3) is 0.105. The van der Waals surface area contributed by atoms with Crippen LogP contribution in [0, 0.1) is 13.8 Å². The lowest BCUT2D eigenvalue weighted by Crippen LogP contribution is -1.85. The summed E-state index contributed by atoms with van der Waals surface area (Å²) >= 11 is 0. The van der Waals surface area contributed by atoms with E-state index < -0.39 is 0 Å². The van der Waals surface area contributed by atoms with Gasteiger partial charge >= 0.3 is 0 Å². The summed E-state index contributed by atoms with van der Waals surface area (Å²) in [7, 11) is 0. The van der Waals surface area contributed by atoms with Crippen molar-refractivity contribution in [1.29, 1.82) is 0 Å². The largest absolute Gasteiger partial charge is 0.360 e. The van der Waals surface area contributed by atoms with E-state index in [9.17, 15) is 0 Å². The first kappa shape index (κ1) is 12.2. The van der Waals surface area contributed by atoms with Gasteiger partial charge in [0.15, 0.2) is 0 Å². The van der Waals surface area contributed by atoms with Gasteiger partial charge in [0.1, 0.15) is 0 Å². The highest BCUT2D eigenvalue weighted by atomic mass is 14.7. The fourth-order valence-corrected chi connectivity index (χ4v) is 2.84. The molecule has 0 aliphatic carbocycles. The van der Waals surface area contributed by atoms with E-state index in [1.165, 1.54) is 21.9 Å². The van der Waals surface area contributed by atoms with Crippen LogP contribution in [0.5, 0.6) is 0 Å². The van der Waals surface area contributed by atoms with Crippen LogP contribution < -0.4 is 0 Å². The first-order valence-electron chi connectivity index (χ1n) is 7.16. The van der Waals surface area contributed by atoms with Crippen molar-refractivity contribution in [2.24, 2.45) is 0 Å². The number of nitrogens with one attached hydrogen (secondary N) is 1. The van der Waals surface area contributed by atoms with Crippen LogP contribution in [-0.4, -0.2) is 9.97 Å². The molecule has 0 aliphatic rings. The summed E-state index contributed by atoms with van der Waals surface area (Å²) in [6, 6.07) is 17.1. The van der Waals surface area contributed by atoms with Gasteiger partial charge in [-0.2, -0.15) is 0 Å². The molecule has 2 heteroatoms. The van der Waals surface area contributed by atoms with Crippen molar-refractivity contribution in [1.82, 2.24) is 9.97 Å². The lowest BCUT2D eigenvalue weighted by molar-refractivity contribution is 1.38. The van der Waals surface area contributed by atoms with Gasteiger partial charge in [0, 0.05) is 28.0 Å². The molecular formula is C19H16N2. The number of pyridine rings is 1. The van der Waals surface area contributed by atoms with Crippen molar-refractivity contribution in [2.75, 3.05) is 0 Å². The lowest BCUT2D eigenvalue weighted by Gasteiger charge is -2.03. The Labute approximate surface area is 123 Å². The molecule has 0 aliphatic heterocycles. The smallest absolute Gasteiger partial charge is 0.0731 e. The molecule has 0 bridgehead atoms. The number of nitrogens with zero attached hydrogens (tertiary/aromatic N) is 1. The molecule has 0 saturated heterocycles. The number of hydrogen-bond acceptors (Lipinski definition) is 1. The first-order valence-corrected chi connectivity index (χ1v) is 7.16. The van der Waals surface area contributed by atoms with Gasteiger partial charge in [-0.3, -0.25) is 0 Å². The zero-order valence-electron chi connectivity index (χ0n) is 12.1. The highest BCUT2D eigenvalue weighted by Crippen LogP contribution is 2.29. The van der Waals surface area contributed by atoms with Gasteiger partial charge in [0.25, 0.3) is 0 Å². The maximum absolute atomic E-state index is 4.82. The minimum Gasteiger partial charge on any atom is -0.360 e. The summed E-state index contributed by atoms with van der Waals surface area (Å²) in [4.78, 5) is 8.15. The Morgan fingerprint density at radius 2 is 1.67 bits per heavy atom. The molecule has 2 nitrogen and oxygen atoms in total. The maximum Gasteiger partial charge on any atom is 0.0731 e. The van der Waals surface area contributed by atoms with Gasteiger partial charge in [0.2, 0.25) is 0 Å². The quantitative estimate of drug-likeness (QED) is 0.519. The standard InChI is InChI=1S/C19H16N2/c1-12-3-6-17-14(9-12)5-8-19(21-17)16-11-20-18-7-4-13(2)10-15(16)18/h3-11,20H,1-2H3. The highest BCUT2D eigenvalue weighted by molar-refractivity contribution is 5.96. The van der Waals surface area contributed by atoms with Crippen molar-refractivity contribution in [3.63, 3.8) is 0 Å². The molecule has 21 heavy (non-hydrogen) atoms. The highest BCUT2D eigenvalue weighted by Gasteiger charge is 2.08. The Bertz CT molecular complexity index is 964. The number of H-pyrrole nitrogens is 1. The van der Waals surface area contributed by atoms with Crippen molar-refractivity contribution in [2.45, 2.75) is 13.8 Å². The van der Waals surface area contributed by atoms with Gasteiger partial charge in [-0.15, -0.1) is 0 Å². The third-order valence-electron chi connectivity index (χ3n) is 3.96. The Balaban J connectivity index is 1.95. The van der Waals surface area contributed by atoms with Crippen LogP contribution in [0.15, 0.2) is 54.7 Å². The fourth-order valence-electron chi connectivity index (χ4n) is 2.84. The van der Waals surface area contributed by atoms with Crippen LogP contribution in [-0.2, 0) is 0 Å². The normalized spacial score (nSPS) is 11.3. The summed E-state index contributed by atoms with van der Waals surface area (Å²) in [5.74, 6) is 0. The second kappa shape index (κ2) is 4.45. The third-order valence-corrected chi connectivity index (χ3v) is 3.96. The van der Waals surface area contributed by atoms with Gasteiger partial charge in [0.05, 0.1) is 11.2 Å². The number of rotatable bonds is 1. The molecule has 0 spiro atoms. The monoisotopic (exact) mass is 272 g/mol. The molecule has 0 saturated carbocycles. The Morgan fingerprint density at radius 3 is 2.57 bits per heavy atom. The summed E-state index contributed by atoms with van der Waals surface area (Å²) in [6.07, 6.45) is 2.05. The number of aryl methyl sites for hydroxylation is 2. The predicted octanol–water partition coefficient (Wildman–Crippen LogP) is 5.00. The van der Waals surface area contributed by atoms with E-state index in [0.717, 1.165) is 22.3 Å². The van der Waals surface area contributed by atoms with Crippen LogP contribution in [0.4, 0.5) is 0 Å². The molecule has 4 rings (SSSR count). The van der Waals surface area contributed by atoms with E-state index >= 15 is 0 Å². The molecule has 102 valence electrons. The number of aromatic amines is 1. The van der Waals surface area contributed by atoms with Crippen LogP contribution >= 0.6 is 0 Å². The van der Waals surface area contributed by atoms with Gasteiger partial charge in [-0.05, 0) is 44.2 Å². The van der Waals surface area contributed by atoms with E-state index in [1.807, 2.05) is 6.20 Å². The summed E-state index contributed by atoms with van der Waals surface area (Å²) in [5, 5.41) is 2.42. The van der Waals surface area contributed by atoms with Gasteiger partial charge in [-0.1, -0.05) is 29.3 Å². The topological polar surface area (TPSA) is 28.7 Å². The van der Waals surface area contributed by atoms with E-state index in [0.29, 0.717) is 0 Å². The molecule has 0 atom stereocenters. The summed E-state index contributed by atoms with van der Waals surface area (Å²) in [6.45, 7) is 4.22. The van der Waals surface area contributed by atoms with Crippen molar-refractivity contribution in [3.8, 4) is 11.3 Å². The number of aromatic nitrogens is 2. The third kappa shape index (κ3) is 2.00. The second-order valence-electron chi connectivity index (χ2n) is 5.64. The SMILES string of the molecule is Cc1ccc2nc(-c3c[nH]c4ccc(C)cc34)ccc2c1. The molecule has 0 radical (unpaired) electrons. The number of fused-ring (bicyclic) bond motifs is 2. The lowest BCUT2D eigenvalue weighted by atomic mass is 10.1. The number of benzene rings is 2. The zero-order valence-corrected chi connectivity index (χ0v) is 12.1. The second-order valence-corrected chi connectivity index (χ2v) is 5.64. The molecule has 4 aromatic rings. The average Bonchev–Trinajstić information content (AvgIpc) is 2.89. The number of hydrogen-bond donors (Lipinski definition) is 1. The van der Waals surface area contributed by atoms with Crippen molar-refractivity contribution < 1.29 is 0 Å². The van der Waals surface area contributed by atoms with Crippen LogP contribution in [0.1, 0.15) is 11.1 Å². The molecular weight excluding hydrogens is 256 g/mol. The Morgan fingerprint density at radius 1 is 0.857 bits per heavy atom. The van der Waals surface area contributed by atoms with E-state index in [1.54, 1.807) is 0 Å². The zero-order chi connectivity index (χ0) is 14.4. The molecule has 2 aromatic carbocycles. The van der Waals surface area contributed by atoms with Crippen molar-refractivity contribution in [3.05, 3.63) is 65.9 Å². The predicted molar refractivity (Wildman–Crippen MR) is 88.5 cm³/mol. The summed E-state index contributed by atoms with van der Waals surface area (Å²) in [5.41, 5.74) is 6.90. The Kier molecular flexibility index (Phi) is 2.58. The van der Waals surface area contributed by atoms with Gasteiger partial charge in [-0.25, -0.2) is 4.98 Å². The average molecular weight is 272 g/mol. The first-order chi connectivity index (χ1) is 10.2. The van der Waals surface area contributed by atoms with Crippen LogP contribution in [0.2, 0.25) is 0 Å². The molecule has 2 heterocycles. The van der Waals surface area contributed by atoms with E-state index in [4.69, 9.17) is 4.98 Å². The summed E-state index contributed by atoms with van der Waals surface area (Å²) < 4.78 is 0. The van der Waals surface area contributed by atoms with Crippen LogP contribution in [0.3, 0.4) is 0 Å². The molecule has 0 amide bonds. The Hall–Kier alpha value is -2.61. The maximum atomic E-state index is 4.82. The van der Waals surface area contributed by atoms with Crippen LogP contribution in [0.25, 0.3) is 33.1 Å². The van der Waals surface area contributed by atoms with Crippen molar-refractivity contribution >= 4 is 21.8 Å². The minimum atomic E-state index is 1.02. The molecule has 0 unspecified atom stereocenters. The minimum absolute atomic E-state index is 1.02. The van der Waals surface area contributed by atoms with Gasteiger partial charge < -0.3 is 4.98 Å². The molecule has 2 aromatic heterocycles. The molecule has 1 N–H and O–H groups in total. The molecule has 0 fully saturated rings.